The lowest BCUT2D eigenvalue weighted by Crippen LogP contribution is -2.36. The van der Waals surface area contributed by atoms with Crippen LogP contribution in [0.15, 0.2) is 47.5 Å². The summed E-state index contributed by atoms with van der Waals surface area (Å²) in [4.78, 5) is 6.43. The van der Waals surface area contributed by atoms with E-state index in [1.165, 1.54) is 27.9 Å². The Labute approximate surface area is 145 Å². The Morgan fingerprint density at radius 1 is 0.917 bits per heavy atom. The summed E-state index contributed by atoms with van der Waals surface area (Å²) in [5.74, 6) is 0.814. The van der Waals surface area contributed by atoms with Crippen LogP contribution in [0.25, 0.3) is 0 Å². The highest BCUT2D eigenvalue weighted by atomic mass is 15.2. The van der Waals surface area contributed by atoms with Gasteiger partial charge in [0, 0.05) is 39.9 Å². The largest absolute Gasteiger partial charge is 0.378 e. The molecule has 0 aliphatic carbocycles. The van der Waals surface area contributed by atoms with Gasteiger partial charge in [0.1, 0.15) is 0 Å². The predicted molar refractivity (Wildman–Crippen MR) is 104 cm³/mol. The number of aryl methyl sites for hydroxylation is 2. The van der Waals surface area contributed by atoms with Crippen LogP contribution >= 0.6 is 0 Å². The summed E-state index contributed by atoms with van der Waals surface area (Å²) in [6, 6.07) is 14.9. The first-order valence-corrected chi connectivity index (χ1v) is 8.27. The Balaban J connectivity index is 1.93. The van der Waals surface area contributed by atoms with Crippen molar-refractivity contribution in [2.75, 3.05) is 26.0 Å². The Hall–Kier alpha value is -2.49. The van der Waals surface area contributed by atoms with Crippen molar-refractivity contribution >= 4 is 11.6 Å². The molecule has 0 saturated carbocycles. The van der Waals surface area contributed by atoms with E-state index in [1.807, 2.05) is 0 Å². The zero-order chi connectivity index (χ0) is 17.5. The van der Waals surface area contributed by atoms with Gasteiger partial charge < -0.3 is 15.5 Å². The molecular weight excluding hydrogens is 296 g/mol. The molecule has 2 rings (SSSR count). The summed E-state index contributed by atoms with van der Waals surface area (Å²) in [5.41, 5.74) is 6.35. The van der Waals surface area contributed by atoms with Gasteiger partial charge in [0.15, 0.2) is 5.96 Å². The van der Waals surface area contributed by atoms with E-state index in [4.69, 9.17) is 0 Å². The molecule has 2 aromatic rings. The molecule has 2 aromatic carbocycles. The summed E-state index contributed by atoms with van der Waals surface area (Å²) in [6.45, 7) is 5.80. The number of anilines is 1. The number of aliphatic imine (C=N–C) groups is 1. The van der Waals surface area contributed by atoms with E-state index in [0.29, 0.717) is 0 Å². The van der Waals surface area contributed by atoms with E-state index in [0.717, 1.165) is 19.0 Å². The maximum absolute atomic E-state index is 4.31. The minimum atomic E-state index is 0.757. The number of hydrogen-bond acceptors (Lipinski definition) is 2. The summed E-state index contributed by atoms with van der Waals surface area (Å²) in [5, 5.41) is 6.77. The Kier molecular flexibility index (Phi) is 6.24. The summed E-state index contributed by atoms with van der Waals surface area (Å²) < 4.78 is 0. The molecule has 128 valence electrons. The summed E-state index contributed by atoms with van der Waals surface area (Å²) in [7, 11) is 5.92. The van der Waals surface area contributed by atoms with Crippen LogP contribution in [0.4, 0.5) is 5.69 Å². The van der Waals surface area contributed by atoms with Crippen molar-refractivity contribution in [3.63, 3.8) is 0 Å². The molecule has 4 nitrogen and oxygen atoms in total. The van der Waals surface area contributed by atoms with Crippen molar-refractivity contribution in [3.05, 3.63) is 64.7 Å². The standard InChI is InChI=1S/C20H28N4/c1-15-8-6-7-9-17(15)13-22-20(21-3)23-14-18-10-11-19(24(4)5)12-16(18)2/h6-12H,13-14H2,1-5H3,(H2,21,22,23). The highest BCUT2D eigenvalue weighted by Crippen LogP contribution is 2.17. The van der Waals surface area contributed by atoms with Gasteiger partial charge in [0.25, 0.3) is 0 Å². The van der Waals surface area contributed by atoms with Gasteiger partial charge in [-0.1, -0.05) is 30.3 Å². The van der Waals surface area contributed by atoms with E-state index in [2.05, 4.69) is 90.9 Å². The van der Waals surface area contributed by atoms with Gasteiger partial charge in [-0.3, -0.25) is 4.99 Å². The van der Waals surface area contributed by atoms with Crippen LogP contribution in [0.1, 0.15) is 22.3 Å². The van der Waals surface area contributed by atoms with Crippen molar-refractivity contribution in [2.24, 2.45) is 4.99 Å². The SMILES string of the molecule is CN=C(NCc1ccccc1C)NCc1ccc(N(C)C)cc1C. The van der Waals surface area contributed by atoms with Gasteiger partial charge in [-0.2, -0.15) is 0 Å². The van der Waals surface area contributed by atoms with Crippen LogP contribution in [0, 0.1) is 13.8 Å². The number of rotatable bonds is 5. The molecule has 0 aromatic heterocycles. The van der Waals surface area contributed by atoms with Gasteiger partial charge in [0.05, 0.1) is 0 Å². The van der Waals surface area contributed by atoms with Crippen molar-refractivity contribution < 1.29 is 0 Å². The summed E-state index contributed by atoms with van der Waals surface area (Å²) in [6.07, 6.45) is 0. The molecule has 0 unspecified atom stereocenters. The zero-order valence-electron chi connectivity index (χ0n) is 15.4. The van der Waals surface area contributed by atoms with Gasteiger partial charge in [-0.25, -0.2) is 0 Å². The van der Waals surface area contributed by atoms with Gasteiger partial charge in [-0.05, 0) is 48.2 Å². The minimum Gasteiger partial charge on any atom is -0.378 e. The Morgan fingerprint density at radius 3 is 2.08 bits per heavy atom. The number of benzene rings is 2. The number of hydrogen-bond donors (Lipinski definition) is 2. The monoisotopic (exact) mass is 324 g/mol. The average molecular weight is 324 g/mol. The number of guanidine groups is 1. The maximum Gasteiger partial charge on any atom is 0.191 e. The highest BCUT2D eigenvalue weighted by molar-refractivity contribution is 5.79. The van der Waals surface area contributed by atoms with Crippen LogP contribution in [0.3, 0.4) is 0 Å². The smallest absolute Gasteiger partial charge is 0.191 e. The Bertz CT molecular complexity index is 705. The normalized spacial score (nSPS) is 11.3. The van der Waals surface area contributed by atoms with E-state index in [-0.39, 0.29) is 0 Å². The molecule has 24 heavy (non-hydrogen) atoms. The molecule has 0 heterocycles. The third-order valence-corrected chi connectivity index (χ3v) is 4.22. The lowest BCUT2D eigenvalue weighted by atomic mass is 10.1. The minimum absolute atomic E-state index is 0.757. The molecule has 0 aliphatic rings. The first-order chi connectivity index (χ1) is 11.5. The molecule has 0 atom stereocenters. The highest BCUT2D eigenvalue weighted by Gasteiger charge is 2.04. The van der Waals surface area contributed by atoms with E-state index < -0.39 is 0 Å². The Morgan fingerprint density at radius 2 is 1.54 bits per heavy atom. The third kappa shape index (κ3) is 4.75. The van der Waals surface area contributed by atoms with Crippen LogP contribution in [-0.4, -0.2) is 27.1 Å². The molecule has 0 amide bonds. The van der Waals surface area contributed by atoms with Crippen LogP contribution in [-0.2, 0) is 13.1 Å². The van der Waals surface area contributed by atoms with Crippen LogP contribution < -0.4 is 15.5 Å². The van der Waals surface area contributed by atoms with E-state index >= 15 is 0 Å². The molecule has 0 bridgehead atoms. The molecule has 0 aliphatic heterocycles. The molecule has 2 N–H and O–H groups in total. The van der Waals surface area contributed by atoms with Crippen LogP contribution in [0.2, 0.25) is 0 Å². The lowest BCUT2D eigenvalue weighted by Gasteiger charge is -2.17. The average Bonchev–Trinajstić information content (AvgIpc) is 2.57. The summed E-state index contributed by atoms with van der Waals surface area (Å²) >= 11 is 0. The molecule has 4 heteroatoms. The van der Waals surface area contributed by atoms with Crippen molar-refractivity contribution in [2.45, 2.75) is 26.9 Å². The second kappa shape index (κ2) is 8.39. The molecule has 0 radical (unpaired) electrons. The zero-order valence-corrected chi connectivity index (χ0v) is 15.4. The van der Waals surface area contributed by atoms with Crippen LogP contribution in [0.5, 0.6) is 0 Å². The third-order valence-electron chi connectivity index (χ3n) is 4.22. The molecule has 0 spiro atoms. The fourth-order valence-electron chi connectivity index (χ4n) is 2.54. The second-order valence-corrected chi connectivity index (χ2v) is 6.21. The number of nitrogens with zero attached hydrogens (tertiary/aromatic N) is 2. The molecule has 0 fully saturated rings. The van der Waals surface area contributed by atoms with Crippen molar-refractivity contribution in [1.29, 1.82) is 0 Å². The van der Waals surface area contributed by atoms with Crippen molar-refractivity contribution in [3.8, 4) is 0 Å². The van der Waals surface area contributed by atoms with Gasteiger partial charge in [0.2, 0.25) is 0 Å². The first-order valence-electron chi connectivity index (χ1n) is 8.27. The van der Waals surface area contributed by atoms with Crippen molar-refractivity contribution in [1.82, 2.24) is 10.6 Å². The molecular formula is C20H28N4. The topological polar surface area (TPSA) is 39.7 Å². The quantitative estimate of drug-likeness (QED) is 0.655. The fourth-order valence-corrected chi connectivity index (χ4v) is 2.54. The van der Waals surface area contributed by atoms with E-state index in [9.17, 15) is 0 Å². The fraction of sp³-hybridized carbons (Fsp3) is 0.350. The molecule has 0 saturated heterocycles. The predicted octanol–water partition coefficient (Wildman–Crippen LogP) is 3.23. The number of nitrogens with one attached hydrogen (secondary N) is 2. The lowest BCUT2D eigenvalue weighted by molar-refractivity contribution is 0.803. The maximum atomic E-state index is 4.31. The van der Waals surface area contributed by atoms with E-state index in [1.54, 1.807) is 7.05 Å². The van der Waals surface area contributed by atoms with Gasteiger partial charge in [-0.15, -0.1) is 0 Å². The first kappa shape index (κ1) is 17.9. The van der Waals surface area contributed by atoms with Gasteiger partial charge >= 0.3 is 0 Å². The second-order valence-electron chi connectivity index (χ2n) is 6.21.